The molecule has 4 nitrogen and oxygen atoms in total. The molecular formula is C17H14Cl2FNO3. The highest BCUT2D eigenvalue weighted by atomic mass is 35.5. The topological polar surface area (TPSA) is 55.4 Å². The Morgan fingerprint density at radius 1 is 1.17 bits per heavy atom. The van der Waals surface area contributed by atoms with Gasteiger partial charge in [0.25, 0.3) is 5.91 Å². The number of carbonyl (C=O) groups excluding carboxylic acids is 2. The van der Waals surface area contributed by atoms with E-state index in [1.54, 1.807) is 25.1 Å². The van der Waals surface area contributed by atoms with Gasteiger partial charge >= 0.3 is 5.97 Å². The van der Waals surface area contributed by atoms with Gasteiger partial charge in [0.1, 0.15) is 5.82 Å². The van der Waals surface area contributed by atoms with Crippen molar-refractivity contribution < 1.29 is 18.7 Å². The summed E-state index contributed by atoms with van der Waals surface area (Å²) >= 11 is 11.9. The Morgan fingerprint density at radius 3 is 2.38 bits per heavy atom. The highest BCUT2D eigenvalue weighted by molar-refractivity contribution is 6.39. The molecule has 0 aliphatic rings. The Morgan fingerprint density at radius 2 is 1.79 bits per heavy atom. The number of carbonyl (C=O) groups is 2. The van der Waals surface area contributed by atoms with Crippen LogP contribution in [0.25, 0.3) is 0 Å². The Bertz CT molecular complexity index is 775. The zero-order chi connectivity index (χ0) is 17.9. The van der Waals surface area contributed by atoms with E-state index in [0.29, 0.717) is 5.56 Å². The first kappa shape index (κ1) is 18.2. The summed E-state index contributed by atoms with van der Waals surface area (Å²) in [7, 11) is 0. The largest absolute Gasteiger partial charge is 0.449 e. The number of aryl methyl sites for hydroxylation is 1. The predicted octanol–water partition coefficient (Wildman–Crippen LogP) is 4.62. The van der Waals surface area contributed by atoms with E-state index in [0.717, 1.165) is 6.07 Å². The fourth-order valence-electron chi connectivity index (χ4n) is 1.84. The van der Waals surface area contributed by atoms with Crippen LogP contribution < -0.4 is 5.32 Å². The number of halogens is 3. The van der Waals surface area contributed by atoms with E-state index in [4.69, 9.17) is 27.9 Å². The molecule has 0 heterocycles. The maximum absolute atomic E-state index is 13.5. The zero-order valence-electron chi connectivity index (χ0n) is 12.9. The lowest BCUT2D eigenvalue weighted by atomic mass is 10.1. The van der Waals surface area contributed by atoms with Gasteiger partial charge < -0.3 is 10.1 Å². The predicted molar refractivity (Wildman–Crippen MR) is 91.1 cm³/mol. The number of hydrogen-bond donors (Lipinski definition) is 1. The summed E-state index contributed by atoms with van der Waals surface area (Å²) in [5.74, 6) is -1.93. The molecular weight excluding hydrogens is 356 g/mol. The summed E-state index contributed by atoms with van der Waals surface area (Å²) in [4.78, 5) is 24.1. The smallest absolute Gasteiger partial charge is 0.339 e. The van der Waals surface area contributed by atoms with Crippen molar-refractivity contribution in [2.24, 2.45) is 0 Å². The quantitative estimate of drug-likeness (QED) is 0.799. The van der Waals surface area contributed by atoms with Crippen molar-refractivity contribution in [3.8, 4) is 0 Å². The molecule has 1 atom stereocenters. The van der Waals surface area contributed by atoms with Crippen LogP contribution in [0.15, 0.2) is 36.4 Å². The lowest BCUT2D eigenvalue weighted by Gasteiger charge is -2.15. The number of hydrogen-bond acceptors (Lipinski definition) is 3. The van der Waals surface area contributed by atoms with E-state index < -0.39 is 23.8 Å². The first-order chi connectivity index (χ1) is 11.3. The van der Waals surface area contributed by atoms with E-state index in [-0.39, 0.29) is 21.3 Å². The molecule has 0 spiro atoms. The number of rotatable bonds is 4. The molecule has 126 valence electrons. The molecule has 0 fully saturated rings. The summed E-state index contributed by atoms with van der Waals surface area (Å²) in [6.07, 6.45) is -1.12. The third-order valence-electron chi connectivity index (χ3n) is 3.27. The molecule has 1 amide bonds. The second-order valence-electron chi connectivity index (χ2n) is 5.10. The van der Waals surface area contributed by atoms with E-state index in [1.807, 2.05) is 0 Å². The van der Waals surface area contributed by atoms with Gasteiger partial charge in [-0.25, -0.2) is 9.18 Å². The van der Waals surface area contributed by atoms with Crippen LogP contribution >= 0.6 is 23.2 Å². The van der Waals surface area contributed by atoms with Crippen LogP contribution in [0, 0.1) is 12.7 Å². The lowest BCUT2D eigenvalue weighted by Crippen LogP contribution is -2.30. The number of ether oxygens (including phenoxy) is 1. The molecule has 24 heavy (non-hydrogen) atoms. The summed E-state index contributed by atoms with van der Waals surface area (Å²) in [6, 6.07) is 8.71. The van der Waals surface area contributed by atoms with E-state index in [9.17, 15) is 14.0 Å². The summed E-state index contributed by atoms with van der Waals surface area (Å²) in [6.45, 7) is 2.97. The standard InChI is InChI=1S/C17H14Cl2FNO3/c1-9-6-7-11(8-14(9)20)17(23)24-10(2)16(22)21-15-12(18)4-3-5-13(15)19/h3-8,10H,1-2H3,(H,21,22)/t10-/m1/s1. The molecule has 0 saturated heterocycles. The van der Waals surface area contributed by atoms with E-state index >= 15 is 0 Å². The fraction of sp³-hybridized carbons (Fsp3) is 0.176. The van der Waals surface area contributed by atoms with Crippen LogP contribution in [-0.4, -0.2) is 18.0 Å². The van der Waals surface area contributed by atoms with Crippen molar-refractivity contribution in [1.29, 1.82) is 0 Å². The van der Waals surface area contributed by atoms with Crippen molar-refractivity contribution in [3.05, 3.63) is 63.4 Å². The summed E-state index contributed by atoms with van der Waals surface area (Å²) < 4.78 is 18.5. The normalized spacial score (nSPS) is 11.7. The number of benzene rings is 2. The van der Waals surface area contributed by atoms with Gasteiger partial charge in [0.05, 0.1) is 21.3 Å². The first-order valence-electron chi connectivity index (χ1n) is 7.01. The molecule has 0 aromatic heterocycles. The summed E-state index contributed by atoms with van der Waals surface area (Å²) in [5, 5.41) is 3.02. The second-order valence-corrected chi connectivity index (χ2v) is 5.91. The van der Waals surface area contributed by atoms with Crippen molar-refractivity contribution in [2.75, 3.05) is 5.32 Å². The van der Waals surface area contributed by atoms with Crippen molar-refractivity contribution in [1.82, 2.24) is 0 Å². The molecule has 0 aliphatic carbocycles. The van der Waals surface area contributed by atoms with Gasteiger partial charge in [-0.05, 0) is 43.7 Å². The van der Waals surface area contributed by atoms with Gasteiger partial charge in [0.15, 0.2) is 6.10 Å². The second kappa shape index (κ2) is 7.64. The minimum atomic E-state index is -1.12. The van der Waals surface area contributed by atoms with E-state index in [2.05, 4.69) is 5.32 Å². The highest BCUT2D eigenvalue weighted by Gasteiger charge is 2.21. The van der Waals surface area contributed by atoms with Gasteiger partial charge in [-0.3, -0.25) is 4.79 Å². The Balaban J connectivity index is 2.05. The van der Waals surface area contributed by atoms with Gasteiger partial charge in [-0.15, -0.1) is 0 Å². The van der Waals surface area contributed by atoms with Crippen molar-refractivity contribution in [3.63, 3.8) is 0 Å². The van der Waals surface area contributed by atoms with Gasteiger partial charge in [-0.1, -0.05) is 35.3 Å². The van der Waals surface area contributed by atoms with Crippen LogP contribution in [0.4, 0.5) is 10.1 Å². The maximum Gasteiger partial charge on any atom is 0.339 e. The Kier molecular flexibility index (Phi) is 5.80. The molecule has 1 N–H and O–H groups in total. The molecule has 0 radical (unpaired) electrons. The van der Waals surface area contributed by atoms with Crippen LogP contribution in [0.1, 0.15) is 22.8 Å². The maximum atomic E-state index is 13.5. The lowest BCUT2D eigenvalue weighted by molar-refractivity contribution is -0.123. The SMILES string of the molecule is Cc1ccc(C(=O)O[C@H](C)C(=O)Nc2c(Cl)cccc2Cl)cc1F. The van der Waals surface area contributed by atoms with Crippen molar-refractivity contribution in [2.45, 2.75) is 20.0 Å². The molecule has 7 heteroatoms. The van der Waals surface area contributed by atoms with Crippen molar-refractivity contribution >= 4 is 40.8 Å². The number of nitrogens with one attached hydrogen (secondary N) is 1. The van der Waals surface area contributed by atoms with Gasteiger partial charge in [0, 0.05) is 0 Å². The molecule has 0 aliphatic heterocycles. The number of esters is 1. The number of amides is 1. The van der Waals surface area contributed by atoms with Crippen LogP contribution in [-0.2, 0) is 9.53 Å². The number of anilines is 1. The molecule has 0 bridgehead atoms. The molecule has 2 aromatic carbocycles. The monoisotopic (exact) mass is 369 g/mol. The average molecular weight is 370 g/mol. The molecule has 2 rings (SSSR count). The third-order valence-corrected chi connectivity index (χ3v) is 3.90. The Hall–Kier alpha value is -2.11. The van der Waals surface area contributed by atoms with E-state index in [1.165, 1.54) is 19.1 Å². The molecule has 0 unspecified atom stereocenters. The minimum Gasteiger partial charge on any atom is -0.449 e. The summed E-state index contributed by atoms with van der Waals surface area (Å²) in [5.41, 5.74) is 0.661. The average Bonchev–Trinajstić information content (AvgIpc) is 2.53. The molecule has 2 aromatic rings. The third kappa shape index (κ3) is 4.24. The van der Waals surface area contributed by atoms with Crippen LogP contribution in [0.5, 0.6) is 0 Å². The minimum absolute atomic E-state index is 0.0218. The highest BCUT2D eigenvalue weighted by Crippen LogP contribution is 2.30. The zero-order valence-corrected chi connectivity index (χ0v) is 14.4. The van der Waals surface area contributed by atoms with Gasteiger partial charge in [0.2, 0.25) is 0 Å². The van der Waals surface area contributed by atoms with Crippen LogP contribution in [0.2, 0.25) is 10.0 Å². The van der Waals surface area contributed by atoms with Crippen LogP contribution in [0.3, 0.4) is 0 Å². The van der Waals surface area contributed by atoms with Gasteiger partial charge in [-0.2, -0.15) is 0 Å². The Labute approximate surface area is 148 Å². The molecule has 0 saturated carbocycles. The fourth-order valence-corrected chi connectivity index (χ4v) is 2.34. The first-order valence-corrected chi connectivity index (χ1v) is 7.77. The number of para-hydroxylation sites is 1.